The summed E-state index contributed by atoms with van der Waals surface area (Å²) in [5.74, 6) is 0.178. The lowest BCUT2D eigenvalue weighted by molar-refractivity contribution is 0.425. The van der Waals surface area contributed by atoms with Gasteiger partial charge in [-0.1, -0.05) is 6.42 Å². The molecular weight excluding hydrogens is 350 g/mol. The van der Waals surface area contributed by atoms with Gasteiger partial charge in [0.05, 0.1) is 22.2 Å². The van der Waals surface area contributed by atoms with Crippen LogP contribution in [0.5, 0.6) is 5.75 Å². The summed E-state index contributed by atoms with van der Waals surface area (Å²) < 4.78 is 1.73. The molecule has 6 nitrogen and oxygen atoms in total. The van der Waals surface area contributed by atoms with Crippen molar-refractivity contribution in [2.45, 2.75) is 32.2 Å². The van der Waals surface area contributed by atoms with E-state index in [-0.39, 0.29) is 5.75 Å². The van der Waals surface area contributed by atoms with Gasteiger partial charge in [0.1, 0.15) is 5.75 Å². The standard InChI is InChI=1S/C16H12N4O.C6H13N/c1-20-9-10-7-11(16(21)8-15(10)19-20)12-4-5-13-14(18-12)3-2-6-17-13;1-6-4-2-3-5-7-6/h2-9,21H,1H3;6-7H,2-5H2,1H3. The molecule has 3 aromatic heterocycles. The van der Waals surface area contributed by atoms with E-state index in [2.05, 4.69) is 27.3 Å². The minimum absolute atomic E-state index is 0.178. The van der Waals surface area contributed by atoms with Crippen molar-refractivity contribution in [1.82, 2.24) is 25.1 Å². The first-order chi connectivity index (χ1) is 13.6. The van der Waals surface area contributed by atoms with Crippen molar-refractivity contribution in [1.29, 1.82) is 0 Å². The highest BCUT2D eigenvalue weighted by atomic mass is 16.3. The van der Waals surface area contributed by atoms with Crippen LogP contribution in [0.15, 0.2) is 48.8 Å². The number of hydrogen-bond donors (Lipinski definition) is 2. The lowest BCUT2D eigenvalue weighted by Gasteiger charge is -2.18. The summed E-state index contributed by atoms with van der Waals surface area (Å²) in [5.41, 5.74) is 3.82. The minimum atomic E-state index is 0.178. The molecule has 1 fully saturated rings. The van der Waals surface area contributed by atoms with Gasteiger partial charge >= 0.3 is 0 Å². The van der Waals surface area contributed by atoms with Gasteiger partial charge in [-0.05, 0) is 56.6 Å². The molecule has 0 amide bonds. The average Bonchev–Trinajstić information content (AvgIpc) is 3.07. The van der Waals surface area contributed by atoms with Gasteiger partial charge in [0.2, 0.25) is 0 Å². The molecule has 0 saturated carbocycles. The van der Waals surface area contributed by atoms with Crippen LogP contribution in [0.1, 0.15) is 26.2 Å². The normalized spacial score (nSPS) is 16.7. The second-order valence-electron chi connectivity index (χ2n) is 7.32. The maximum atomic E-state index is 10.2. The summed E-state index contributed by atoms with van der Waals surface area (Å²) in [4.78, 5) is 8.82. The van der Waals surface area contributed by atoms with Crippen molar-refractivity contribution in [3.63, 3.8) is 0 Å². The smallest absolute Gasteiger partial charge is 0.127 e. The Labute approximate surface area is 164 Å². The van der Waals surface area contributed by atoms with Crippen LogP contribution in [0.2, 0.25) is 0 Å². The lowest BCUT2D eigenvalue weighted by Crippen LogP contribution is -2.30. The van der Waals surface area contributed by atoms with Gasteiger partial charge in [0.25, 0.3) is 0 Å². The number of rotatable bonds is 1. The molecule has 1 unspecified atom stereocenters. The van der Waals surface area contributed by atoms with Crippen molar-refractivity contribution in [2.24, 2.45) is 7.05 Å². The van der Waals surface area contributed by atoms with E-state index in [4.69, 9.17) is 0 Å². The van der Waals surface area contributed by atoms with E-state index in [0.29, 0.717) is 5.56 Å². The third kappa shape index (κ3) is 3.97. The van der Waals surface area contributed by atoms with E-state index in [1.807, 2.05) is 43.6 Å². The summed E-state index contributed by atoms with van der Waals surface area (Å²) in [7, 11) is 1.86. The third-order valence-corrected chi connectivity index (χ3v) is 5.03. The van der Waals surface area contributed by atoms with Crippen LogP contribution in [0.25, 0.3) is 33.2 Å². The molecular formula is C22H25N5O. The second kappa shape index (κ2) is 7.94. The van der Waals surface area contributed by atoms with Crippen LogP contribution in [0.4, 0.5) is 0 Å². The van der Waals surface area contributed by atoms with E-state index < -0.39 is 0 Å². The zero-order chi connectivity index (χ0) is 19.5. The fourth-order valence-electron chi connectivity index (χ4n) is 3.52. The summed E-state index contributed by atoms with van der Waals surface area (Å²) in [6.07, 6.45) is 7.84. The number of benzene rings is 1. The number of piperidine rings is 1. The number of aromatic nitrogens is 4. The molecule has 28 heavy (non-hydrogen) atoms. The van der Waals surface area contributed by atoms with E-state index >= 15 is 0 Å². The summed E-state index contributed by atoms with van der Waals surface area (Å²) in [6, 6.07) is 11.9. The SMILES string of the molecule is CC1CCCCN1.Cn1cc2cc(-c3ccc4ncccc4n3)c(O)cc2n1. The molecule has 0 bridgehead atoms. The molecule has 0 aliphatic carbocycles. The fourth-order valence-corrected chi connectivity index (χ4v) is 3.52. The third-order valence-electron chi connectivity index (χ3n) is 5.03. The first-order valence-electron chi connectivity index (χ1n) is 9.72. The molecule has 0 spiro atoms. The van der Waals surface area contributed by atoms with Crippen molar-refractivity contribution in [2.75, 3.05) is 6.54 Å². The van der Waals surface area contributed by atoms with Gasteiger partial charge < -0.3 is 10.4 Å². The van der Waals surface area contributed by atoms with Crippen LogP contribution in [-0.4, -0.2) is 37.4 Å². The highest BCUT2D eigenvalue weighted by Crippen LogP contribution is 2.32. The van der Waals surface area contributed by atoms with Crippen LogP contribution in [0, 0.1) is 0 Å². The van der Waals surface area contributed by atoms with Crippen molar-refractivity contribution in [3.8, 4) is 17.0 Å². The summed E-state index contributed by atoms with van der Waals surface area (Å²) in [5, 5.41) is 18.9. The van der Waals surface area contributed by atoms with Crippen LogP contribution >= 0.6 is 0 Å². The minimum Gasteiger partial charge on any atom is -0.507 e. The predicted molar refractivity (Wildman–Crippen MR) is 112 cm³/mol. The molecule has 4 heterocycles. The molecule has 2 N–H and O–H groups in total. The monoisotopic (exact) mass is 375 g/mol. The number of aryl methyl sites for hydroxylation is 1. The van der Waals surface area contributed by atoms with Crippen molar-refractivity contribution >= 4 is 21.9 Å². The second-order valence-corrected chi connectivity index (χ2v) is 7.32. The number of hydrogen-bond acceptors (Lipinski definition) is 5. The Morgan fingerprint density at radius 1 is 1.11 bits per heavy atom. The molecule has 0 radical (unpaired) electrons. The average molecular weight is 375 g/mol. The van der Waals surface area contributed by atoms with Gasteiger partial charge in [-0.25, -0.2) is 4.98 Å². The Balaban J connectivity index is 0.000000233. The quantitative estimate of drug-likeness (QED) is 0.525. The van der Waals surface area contributed by atoms with Crippen LogP contribution in [0.3, 0.4) is 0 Å². The van der Waals surface area contributed by atoms with Gasteiger partial charge in [0, 0.05) is 42.5 Å². The van der Waals surface area contributed by atoms with E-state index in [1.165, 1.54) is 25.8 Å². The van der Waals surface area contributed by atoms with E-state index in [1.54, 1.807) is 16.9 Å². The van der Waals surface area contributed by atoms with Gasteiger partial charge in [-0.2, -0.15) is 5.10 Å². The maximum Gasteiger partial charge on any atom is 0.127 e. The topological polar surface area (TPSA) is 75.9 Å². The number of phenols is 1. The largest absolute Gasteiger partial charge is 0.507 e. The predicted octanol–water partition coefficient (Wildman–Crippen LogP) is 4.04. The number of aromatic hydroxyl groups is 1. The Kier molecular flexibility index (Phi) is 5.21. The number of phenolic OH excluding ortho intramolecular Hbond substituents is 1. The number of nitrogens with one attached hydrogen (secondary N) is 1. The number of nitrogens with zero attached hydrogens (tertiary/aromatic N) is 4. The fraction of sp³-hybridized carbons (Fsp3) is 0.318. The van der Waals surface area contributed by atoms with Gasteiger partial charge in [-0.3, -0.25) is 9.67 Å². The molecule has 1 aromatic carbocycles. The van der Waals surface area contributed by atoms with E-state index in [0.717, 1.165) is 33.7 Å². The first-order valence-corrected chi connectivity index (χ1v) is 9.72. The molecule has 144 valence electrons. The maximum absolute atomic E-state index is 10.2. The number of pyridine rings is 2. The van der Waals surface area contributed by atoms with Crippen molar-refractivity contribution in [3.05, 3.63) is 48.8 Å². The highest BCUT2D eigenvalue weighted by molar-refractivity contribution is 5.88. The Morgan fingerprint density at radius 3 is 2.75 bits per heavy atom. The van der Waals surface area contributed by atoms with Crippen LogP contribution < -0.4 is 5.32 Å². The lowest BCUT2D eigenvalue weighted by atomic mass is 10.1. The molecule has 1 atom stereocenters. The Morgan fingerprint density at radius 2 is 2.00 bits per heavy atom. The Bertz CT molecular complexity index is 1100. The molecule has 5 rings (SSSR count). The molecule has 1 saturated heterocycles. The first kappa shape index (κ1) is 18.4. The van der Waals surface area contributed by atoms with E-state index in [9.17, 15) is 5.11 Å². The summed E-state index contributed by atoms with van der Waals surface area (Å²) >= 11 is 0. The highest BCUT2D eigenvalue weighted by Gasteiger charge is 2.10. The van der Waals surface area contributed by atoms with Gasteiger partial charge in [-0.15, -0.1) is 0 Å². The van der Waals surface area contributed by atoms with Gasteiger partial charge in [0.15, 0.2) is 0 Å². The van der Waals surface area contributed by atoms with Crippen LogP contribution in [-0.2, 0) is 7.05 Å². The zero-order valence-corrected chi connectivity index (χ0v) is 16.3. The molecule has 1 aliphatic heterocycles. The number of fused-ring (bicyclic) bond motifs is 2. The molecule has 1 aliphatic rings. The zero-order valence-electron chi connectivity index (χ0n) is 16.3. The molecule has 6 heteroatoms. The summed E-state index contributed by atoms with van der Waals surface area (Å²) in [6.45, 7) is 3.49. The molecule has 4 aromatic rings. The Hall–Kier alpha value is -2.99. The van der Waals surface area contributed by atoms with Crippen molar-refractivity contribution < 1.29 is 5.11 Å².